The van der Waals surface area contributed by atoms with Crippen LogP contribution in [0.1, 0.15) is 12.0 Å². The molecule has 0 aliphatic rings. The van der Waals surface area contributed by atoms with Gasteiger partial charge in [-0.1, -0.05) is 36.4 Å². The van der Waals surface area contributed by atoms with E-state index >= 15 is 0 Å². The van der Waals surface area contributed by atoms with E-state index in [1.807, 2.05) is 12.1 Å². The summed E-state index contributed by atoms with van der Waals surface area (Å²) in [6.45, 7) is 1.03. The highest BCUT2D eigenvalue weighted by molar-refractivity contribution is 5.91. The van der Waals surface area contributed by atoms with Crippen LogP contribution in [0.4, 0.5) is 5.69 Å². The predicted molar refractivity (Wildman–Crippen MR) is 81.1 cm³/mol. The minimum absolute atomic E-state index is 0.860. The van der Waals surface area contributed by atoms with E-state index < -0.39 is 0 Å². The van der Waals surface area contributed by atoms with Gasteiger partial charge in [-0.25, -0.2) is 0 Å². The molecule has 0 atom stereocenters. The van der Waals surface area contributed by atoms with Crippen LogP contribution in [0.3, 0.4) is 0 Å². The van der Waals surface area contributed by atoms with Crippen LogP contribution in [0.5, 0.6) is 0 Å². The van der Waals surface area contributed by atoms with E-state index in [0.717, 1.165) is 30.5 Å². The van der Waals surface area contributed by atoms with Gasteiger partial charge in [0.2, 0.25) is 0 Å². The first-order valence-corrected chi connectivity index (χ1v) is 6.72. The van der Waals surface area contributed by atoms with E-state index in [0.29, 0.717) is 0 Å². The van der Waals surface area contributed by atoms with Crippen molar-refractivity contribution >= 4 is 16.6 Å². The fourth-order valence-corrected chi connectivity index (χ4v) is 2.54. The van der Waals surface area contributed by atoms with Crippen molar-refractivity contribution in [2.75, 3.05) is 5.73 Å². The number of hydrogen-bond acceptors (Lipinski definition) is 1. The first-order valence-electron chi connectivity index (χ1n) is 6.72. The van der Waals surface area contributed by atoms with Gasteiger partial charge < -0.3 is 10.3 Å². The summed E-state index contributed by atoms with van der Waals surface area (Å²) in [4.78, 5) is 0. The van der Waals surface area contributed by atoms with Gasteiger partial charge in [-0.2, -0.15) is 0 Å². The third-order valence-corrected chi connectivity index (χ3v) is 3.55. The van der Waals surface area contributed by atoms with Crippen LogP contribution in [0.25, 0.3) is 10.9 Å². The number of fused-ring (bicyclic) bond motifs is 1. The molecule has 1 heterocycles. The minimum Gasteiger partial charge on any atom is -0.398 e. The van der Waals surface area contributed by atoms with Gasteiger partial charge in [0, 0.05) is 23.8 Å². The Balaban J connectivity index is 1.71. The lowest BCUT2D eigenvalue weighted by molar-refractivity contribution is 0.662. The first kappa shape index (κ1) is 11.8. The average molecular weight is 250 g/mol. The van der Waals surface area contributed by atoms with E-state index in [1.165, 1.54) is 11.1 Å². The fraction of sp³-hybridized carbons (Fsp3) is 0.176. The number of anilines is 1. The Labute approximate surface area is 113 Å². The number of nitrogen functional groups attached to an aromatic ring is 1. The summed E-state index contributed by atoms with van der Waals surface area (Å²) in [5.74, 6) is 0. The number of benzene rings is 2. The topological polar surface area (TPSA) is 30.9 Å². The van der Waals surface area contributed by atoms with Crippen LogP contribution in [0, 0.1) is 0 Å². The van der Waals surface area contributed by atoms with Crippen LogP contribution in [0.2, 0.25) is 0 Å². The first-order chi connectivity index (χ1) is 9.34. The fourth-order valence-electron chi connectivity index (χ4n) is 2.54. The summed E-state index contributed by atoms with van der Waals surface area (Å²) in [6, 6.07) is 18.8. The normalized spacial score (nSPS) is 10.9. The van der Waals surface area contributed by atoms with E-state index in [-0.39, 0.29) is 0 Å². The Morgan fingerprint density at radius 1 is 0.895 bits per heavy atom. The standard InChI is InChI=1S/C17H18N2/c18-16-9-4-10-17-15(16)11-13-19(17)12-5-8-14-6-2-1-3-7-14/h1-4,6-7,9-11,13H,5,8,12,18H2. The highest BCUT2D eigenvalue weighted by atomic mass is 14.9. The molecule has 2 heteroatoms. The van der Waals surface area contributed by atoms with Gasteiger partial charge in [0.25, 0.3) is 0 Å². The summed E-state index contributed by atoms with van der Waals surface area (Å²) in [5, 5.41) is 1.15. The molecule has 3 rings (SSSR count). The average Bonchev–Trinajstić information content (AvgIpc) is 2.85. The zero-order chi connectivity index (χ0) is 13.1. The minimum atomic E-state index is 0.860. The molecule has 2 aromatic carbocycles. The third kappa shape index (κ3) is 2.48. The van der Waals surface area contributed by atoms with E-state index in [9.17, 15) is 0 Å². The molecule has 0 aliphatic heterocycles. The van der Waals surface area contributed by atoms with Crippen molar-refractivity contribution in [2.45, 2.75) is 19.4 Å². The van der Waals surface area contributed by atoms with Crippen molar-refractivity contribution in [3.05, 3.63) is 66.4 Å². The molecular weight excluding hydrogens is 232 g/mol. The largest absolute Gasteiger partial charge is 0.398 e. The number of aryl methyl sites for hydroxylation is 2. The molecule has 0 radical (unpaired) electrons. The van der Waals surface area contributed by atoms with Crippen molar-refractivity contribution in [3.63, 3.8) is 0 Å². The van der Waals surface area contributed by atoms with Gasteiger partial charge in [0.1, 0.15) is 0 Å². The molecule has 0 amide bonds. The van der Waals surface area contributed by atoms with Crippen LogP contribution in [-0.2, 0) is 13.0 Å². The lowest BCUT2D eigenvalue weighted by atomic mass is 10.1. The molecular formula is C17H18N2. The van der Waals surface area contributed by atoms with Gasteiger partial charge >= 0.3 is 0 Å². The maximum atomic E-state index is 5.98. The molecule has 96 valence electrons. The molecule has 0 saturated heterocycles. The Morgan fingerprint density at radius 2 is 1.74 bits per heavy atom. The van der Waals surface area contributed by atoms with Gasteiger partial charge in [-0.3, -0.25) is 0 Å². The number of hydrogen-bond donors (Lipinski definition) is 1. The smallest absolute Gasteiger partial charge is 0.0501 e. The maximum Gasteiger partial charge on any atom is 0.0501 e. The molecule has 1 aromatic heterocycles. The molecule has 0 bridgehead atoms. The van der Waals surface area contributed by atoms with Gasteiger partial charge in [-0.15, -0.1) is 0 Å². The van der Waals surface area contributed by atoms with Crippen LogP contribution < -0.4 is 5.73 Å². The Morgan fingerprint density at radius 3 is 2.58 bits per heavy atom. The van der Waals surface area contributed by atoms with E-state index in [2.05, 4.69) is 53.2 Å². The van der Waals surface area contributed by atoms with Crippen molar-refractivity contribution < 1.29 is 0 Å². The summed E-state index contributed by atoms with van der Waals surface area (Å²) in [7, 11) is 0. The predicted octanol–water partition coefficient (Wildman–Crippen LogP) is 3.86. The molecule has 3 aromatic rings. The molecule has 2 nitrogen and oxygen atoms in total. The van der Waals surface area contributed by atoms with Crippen molar-refractivity contribution in [1.82, 2.24) is 4.57 Å². The summed E-state index contributed by atoms with van der Waals surface area (Å²) >= 11 is 0. The summed E-state index contributed by atoms with van der Waals surface area (Å²) in [5.41, 5.74) is 9.47. The second kappa shape index (κ2) is 5.19. The monoisotopic (exact) mass is 250 g/mol. The van der Waals surface area contributed by atoms with Crippen molar-refractivity contribution in [1.29, 1.82) is 0 Å². The lowest BCUT2D eigenvalue weighted by Crippen LogP contribution is -1.98. The third-order valence-electron chi connectivity index (χ3n) is 3.55. The molecule has 0 saturated carbocycles. The quantitative estimate of drug-likeness (QED) is 0.700. The second-order valence-corrected chi connectivity index (χ2v) is 4.88. The SMILES string of the molecule is Nc1cccc2c1ccn2CCCc1ccccc1. The number of nitrogens with two attached hydrogens (primary N) is 1. The van der Waals surface area contributed by atoms with Gasteiger partial charge in [-0.05, 0) is 36.6 Å². The molecule has 0 fully saturated rings. The molecule has 0 aliphatic carbocycles. The lowest BCUT2D eigenvalue weighted by Gasteiger charge is -2.06. The number of rotatable bonds is 4. The molecule has 19 heavy (non-hydrogen) atoms. The van der Waals surface area contributed by atoms with Gasteiger partial charge in [0.15, 0.2) is 0 Å². The van der Waals surface area contributed by atoms with E-state index in [1.54, 1.807) is 0 Å². The highest BCUT2D eigenvalue weighted by Gasteiger charge is 2.03. The van der Waals surface area contributed by atoms with E-state index in [4.69, 9.17) is 5.73 Å². The Kier molecular flexibility index (Phi) is 3.23. The number of nitrogens with zero attached hydrogens (tertiary/aromatic N) is 1. The number of aromatic nitrogens is 1. The Bertz CT molecular complexity index is 668. The van der Waals surface area contributed by atoms with Crippen molar-refractivity contribution in [2.24, 2.45) is 0 Å². The van der Waals surface area contributed by atoms with Gasteiger partial charge in [0.05, 0.1) is 5.52 Å². The van der Waals surface area contributed by atoms with Crippen molar-refractivity contribution in [3.8, 4) is 0 Å². The highest BCUT2D eigenvalue weighted by Crippen LogP contribution is 2.22. The zero-order valence-electron chi connectivity index (χ0n) is 10.9. The summed E-state index contributed by atoms with van der Waals surface area (Å²) < 4.78 is 2.29. The maximum absolute atomic E-state index is 5.98. The van der Waals surface area contributed by atoms with Crippen LogP contribution >= 0.6 is 0 Å². The zero-order valence-corrected chi connectivity index (χ0v) is 10.9. The van der Waals surface area contributed by atoms with Crippen LogP contribution in [0.15, 0.2) is 60.8 Å². The van der Waals surface area contributed by atoms with Crippen LogP contribution in [-0.4, -0.2) is 4.57 Å². The molecule has 0 unspecified atom stereocenters. The Hall–Kier alpha value is -2.22. The second-order valence-electron chi connectivity index (χ2n) is 4.88. The molecule has 2 N–H and O–H groups in total. The summed E-state index contributed by atoms with van der Waals surface area (Å²) in [6.07, 6.45) is 4.39. The molecule has 0 spiro atoms.